The van der Waals surface area contributed by atoms with Gasteiger partial charge in [0.15, 0.2) is 0 Å². The summed E-state index contributed by atoms with van der Waals surface area (Å²) in [5.41, 5.74) is 1.04. The Labute approximate surface area is 113 Å². The third-order valence-electron chi connectivity index (χ3n) is 2.54. The minimum absolute atomic E-state index is 0.197. The summed E-state index contributed by atoms with van der Waals surface area (Å²) in [5, 5.41) is 4.87. The van der Waals surface area contributed by atoms with Crippen molar-refractivity contribution in [2.24, 2.45) is 0 Å². The predicted molar refractivity (Wildman–Crippen MR) is 74.0 cm³/mol. The van der Waals surface area contributed by atoms with Crippen LogP contribution in [0, 0.1) is 0 Å². The first-order chi connectivity index (χ1) is 8.15. The molecule has 0 radical (unpaired) electrons. The van der Waals surface area contributed by atoms with Crippen LogP contribution < -0.4 is 5.32 Å². The molecule has 1 N–H and O–H groups in total. The average Bonchev–Trinajstić information content (AvgIpc) is 2.32. The van der Waals surface area contributed by atoms with Gasteiger partial charge in [-0.15, -0.1) is 0 Å². The lowest BCUT2D eigenvalue weighted by Crippen LogP contribution is -2.21. The van der Waals surface area contributed by atoms with Crippen LogP contribution in [0.2, 0.25) is 10.0 Å². The molecule has 2 nitrogen and oxygen atoms in total. The highest BCUT2D eigenvalue weighted by molar-refractivity contribution is 6.33. The SMILES string of the molecule is CCOCCCNC(C)c1cc(Cl)ccc1Cl. The predicted octanol–water partition coefficient (Wildman–Crippen LogP) is 4.07. The van der Waals surface area contributed by atoms with Crippen molar-refractivity contribution in [2.75, 3.05) is 19.8 Å². The summed E-state index contributed by atoms with van der Waals surface area (Å²) < 4.78 is 5.28. The molecule has 1 atom stereocenters. The topological polar surface area (TPSA) is 21.3 Å². The Kier molecular flexibility index (Phi) is 6.90. The van der Waals surface area contributed by atoms with Crippen molar-refractivity contribution in [1.29, 1.82) is 0 Å². The second kappa shape index (κ2) is 7.93. The van der Waals surface area contributed by atoms with Crippen LogP contribution in [0.15, 0.2) is 18.2 Å². The number of rotatable bonds is 7. The van der Waals surface area contributed by atoms with Gasteiger partial charge in [-0.2, -0.15) is 0 Å². The third-order valence-corrected chi connectivity index (χ3v) is 3.12. The molecule has 1 aromatic rings. The first kappa shape index (κ1) is 14.8. The molecule has 0 fully saturated rings. The number of nitrogens with one attached hydrogen (secondary N) is 1. The molecule has 0 saturated heterocycles. The van der Waals surface area contributed by atoms with Gasteiger partial charge < -0.3 is 10.1 Å². The molecule has 1 rings (SSSR count). The first-order valence-electron chi connectivity index (χ1n) is 5.91. The maximum Gasteiger partial charge on any atom is 0.0477 e. The van der Waals surface area contributed by atoms with Crippen LogP contribution in [-0.2, 0) is 4.74 Å². The fourth-order valence-electron chi connectivity index (χ4n) is 1.59. The Morgan fingerprint density at radius 3 is 2.82 bits per heavy atom. The van der Waals surface area contributed by atoms with Gasteiger partial charge in [0.1, 0.15) is 0 Å². The van der Waals surface area contributed by atoms with E-state index >= 15 is 0 Å². The second-order valence-corrected chi connectivity index (χ2v) is 4.74. The van der Waals surface area contributed by atoms with Crippen molar-refractivity contribution in [3.05, 3.63) is 33.8 Å². The van der Waals surface area contributed by atoms with E-state index in [-0.39, 0.29) is 6.04 Å². The maximum absolute atomic E-state index is 6.13. The molecule has 0 aliphatic heterocycles. The van der Waals surface area contributed by atoms with Crippen LogP contribution in [0.3, 0.4) is 0 Å². The highest BCUT2D eigenvalue weighted by atomic mass is 35.5. The van der Waals surface area contributed by atoms with E-state index in [9.17, 15) is 0 Å². The molecule has 96 valence electrons. The molecule has 1 unspecified atom stereocenters. The standard InChI is InChI=1S/C13H19Cl2NO/c1-3-17-8-4-7-16-10(2)12-9-11(14)5-6-13(12)15/h5-6,9-10,16H,3-4,7-8H2,1-2H3. The van der Waals surface area contributed by atoms with Gasteiger partial charge in [-0.25, -0.2) is 0 Å². The van der Waals surface area contributed by atoms with E-state index in [1.54, 1.807) is 6.07 Å². The van der Waals surface area contributed by atoms with Gasteiger partial charge in [0, 0.05) is 29.3 Å². The third kappa shape index (κ3) is 5.26. The molecule has 0 aliphatic carbocycles. The Hall–Kier alpha value is -0.280. The number of hydrogen-bond acceptors (Lipinski definition) is 2. The van der Waals surface area contributed by atoms with E-state index in [4.69, 9.17) is 27.9 Å². The largest absolute Gasteiger partial charge is 0.382 e. The summed E-state index contributed by atoms with van der Waals surface area (Å²) in [4.78, 5) is 0. The first-order valence-corrected chi connectivity index (χ1v) is 6.66. The average molecular weight is 276 g/mol. The van der Waals surface area contributed by atoms with Crippen molar-refractivity contribution < 1.29 is 4.74 Å². The van der Waals surface area contributed by atoms with Crippen LogP contribution in [0.1, 0.15) is 31.9 Å². The van der Waals surface area contributed by atoms with Crippen molar-refractivity contribution in [1.82, 2.24) is 5.32 Å². The van der Waals surface area contributed by atoms with Gasteiger partial charge in [0.05, 0.1) is 0 Å². The maximum atomic E-state index is 6.13. The Morgan fingerprint density at radius 1 is 1.35 bits per heavy atom. The number of halogens is 2. The van der Waals surface area contributed by atoms with Gasteiger partial charge in [0.2, 0.25) is 0 Å². The summed E-state index contributed by atoms with van der Waals surface area (Å²) in [5.74, 6) is 0. The van der Waals surface area contributed by atoms with Crippen molar-refractivity contribution in [3.8, 4) is 0 Å². The Bertz CT molecular complexity index is 344. The van der Waals surface area contributed by atoms with Gasteiger partial charge in [-0.1, -0.05) is 23.2 Å². The van der Waals surface area contributed by atoms with Gasteiger partial charge in [0.25, 0.3) is 0 Å². The van der Waals surface area contributed by atoms with E-state index in [0.29, 0.717) is 5.02 Å². The monoisotopic (exact) mass is 275 g/mol. The fourth-order valence-corrected chi connectivity index (χ4v) is 2.06. The van der Waals surface area contributed by atoms with Crippen LogP contribution >= 0.6 is 23.2 Å². The number of benzene rings is 1. The normalized spacial score (nSPS) is 12.7. The van der Waals surface area contributed by atoms with Crippen LogP contribution in [0.25, 0.3) is 0 Å². The van der Waals surface area contributed by atoms with Gasteiger partial charge in [-0.3, -0.25) is 0 Å². The zero-order chi connectivity index (χ0) is 12.7. The lowest BCUT2D eigenvalue weighted by atomic mass is 10.1. The molecular formula is C13H19Cl2NO. The lowest BCUT2D eigenvalue weighted by molar-refractivity contribution is 0.144. The van der Waals surface area contributed by atoms with Gasteiger partial charge >= 0.3 is 0 Å². The van der Waals surface area contributed by atoms with E-state index in [1.807, 2.05) is 19.1 Å². The minimum atomic E-state index is 0.197. The smallest absolute Gasteiger partial charge is 0.0477 e. The van der Waals surface area contributed by atoms with Crippen molar-refractivity contribution in [2.45, 2.75) is 26.3 Å². The molecule has 0 saturated carbocycles. The summed E-state index contributed by atoms with van der Waals surface area (Å²) >= 11 is 12.1. The number of ether oxygens (including phenoxy) is 1. The van der Waals surface area contributed by atoms with Crippen LogP contribution in [-0.4, -0.2) is 19.8 Å². The molecule has 4 heteroatoms. The van der Waals surface area contributed by atoms with E-state index in [1.165, 1.54) is 0 Å². The Balaban J connectivity index is 2.41. The number of hydrogen-bond donors (Lipinski definition) is 1. The summed E-state index contributed by atoms with van der Waals surface area (Å²) in [7, 11) is 0. The van der Waals surface area contributed by atoms with E-state index in [2.05, 4.69) is 12.2 Å². The highest BCUT2D eigenvalue weighted by Crippen LogP contribution is 2.25. The van der Waals surface area contributed by atoms with Crippen LogP contribution in [0.5, 0.6) is 0 Å². The summed E-state index contributed by atoms with van der Waals surface area (Å²) in [6.07, 6.45) is 0.996. The quantitative estimate of drug-likeness (QED) is 0.758. The molecule has 0 amide bonds. The van der Waals surface area contributed by atoms with E-state index < -0.39 is 0 Å². The van der Waals surface area contributed by atoms with E-state index in [0.717, 1.165) is 36.8 Å². The summed E-state index contributed by atoms with van der Waals surface area (Å²) in [6, 6.07) is 5.74. The second-order valence-electron chi connectivity index (χ2n) is 3.89. The fraction of sp³-hybridized carbons (Fsp3) is 0.538. The Morgan fingerprint density at radius 2 is 2.12 bits per heavy atom. The molecule has 0 aromatic heterocycles. The molecule has 0 bridgehead atoms. The van der Waals surface area contributed by atoms with Crippen molar-refractivity contribution >= 4 is 23.2 Å². The molecule has 0 aliphatic rings. The van der Waals surface area contributed by atoms with Crippen LogP contribution in [0.4, 0.5) is 0 Å². The van der Waals surface area contributed by atoms with Gasteiger partial charge in [-0.05, 0) is 50.6 Å². The minimum Gasteiger partial charge on any atom is -0.382 e. The van der Waals surface area contributed by atoms with Crippen molar-refractivity contribution in [3.63, 3.8) is 0 Å². The molecule has 1 aromatic carbocycles. The highest BCUT2D eigenvalue weighted by Gasteiger charge is 2.09. The molecular weight excluding hydrogens is 257 g/mol. The lowest BCUT2D eigenvalue weighted by Gasteiger charge is -2.16. The summed E-state index contributed by atoms with van der Waals surface area (Å²) in [6.45, 7) is 6.55. The molecule has 0 spiro atoms. The zero-order valence-corrected chi connectivity index (χ0v) is 11.8. The molecule has 0 heterocycles. The molecule has 17 heavy (non-hydrogen) atoms. The zero-order valence-electron chi connectivity index (χ0n) is 10.3.